The lowest BCUT2D eigenvalue weighted by Gasteiger charge is -2.29. The van der Waals surface area contributed by atoms with E-state index in [-0.39, 0.29) is 36.1 Å². The fraction of sp³-hybridized carbons (Fsp3) is 0.476. The standard InChI is InChI=1S/C21H27F3N4OS.HI/c1-2-25-20(26-8-7-18-4-3-13-30-18)27-15-16-5-6-17(14-19(16)21(22,23)24)28-9-11-29-12-10-28;/h3-6,13-14H,2,7-12,15H2,1H3,(H2,25,26,27);1H. The van der Waals surface area contributed by atoms with Gasteiger partial charge in [0.15, 0.2) is 5.96 Å². The predicted molar refractivity (Wildman–Crippen MR) is 131 cm³/mol. The van der Waals surface area contributed by atoms with Gasteiger partial charge >= 0.3 is 6.18 Å². The molecule has 1 fully saturated rings. The molecule has 3 rings (SSSR count). The van der Waals surface area contributed by atoms with Crippen molar-refractivity contribution in [2.75, 3.05) is 44.3 Å². The van der Waals surface area contributed by atoms with Crippen molar-refractivity contribution in [3.63, 3.8) is 0 Å². The third-order valence-corrected chi connectivity index (χ3v) is 5.71. The van der Waals surface area contributed by atoms with Gasteiger partial charge in [-0.25, -0.2) is 4.99 Å². The number of ether oxygens (including phenoxy) is 1. The van der Waals surface area contributed by atoms with E-state index in [4.69, 9.17) is 4.74 Å². The molecule has 2 heterocycles. The number of nitrogens with one attached hydrogen (secondary N) is 2. The molecule has 1 aliphatic heterocycles. The first-order valence-electron chi connectivity index (χ1n) is 10.0. The lowest BCUT2D eigenvalue weighted by atomic mass is 10.1. The van der Waals surface area contributed by atoms with Crippen LogP contribution in [0.5, 0.6) is 0 Å². The van der Waals surface area contributed by atoms with Crippen LogP contribution in [0.15, 0.2) is 40.7 Å². The number of benzene rings is 1. The summed E-state index contributed by atoms with van der Waals surface area (Å²) in [4.78, 5) is 7.55. The summed E-state index contributed by atoms with van der Waals surface area (Å²) >= 11 is 1.68. The van der Waals surface area contributed by atoms with Crippen LogP contribution in [0, 0.1) is 0 Å². The van der Waals surface area contributed by atoms with Crippen LogP contribution < -0.4 is 15.5 Å². The Hall–Kier alpha value is -1.53. The van der Waals surface area contributed by atoms with Crippen LogP contribution in [0.2, 0.25) is 0 Å². The summed E-state index contributed by atoms with van der Waals surface area (Å²) in [5.41, 5.74) is 0.0963. The molecule has 1 aromatic carbocycles. The van der Waals surface area contributed by atoms with Gasteiger partial charge in [0, 0.05) is 36.7 Å². The molecule has 0 radical (unpaired) electrons. The third kappa shape index (κ3) is 7.83. The molecular weight excluding hydrogens is 540 g/mol. The Morgan fingerprint density at radius 2 is 1.97 bits per heavy atom. The summed E-state index contributed by atoms with van der Waals surface area (Å²) in [6.07, 6.45) is -3.60. The highest BCUT2D eigenvalue weighted by atomic mass is 127. The number of thiophene rings is 1. The van der Waals surface area contributed by atoms with Crippen molar-refractivity contribution >= 4 is 47.0 Å². The van der Waals surface area contributed by atoms with Crippen LogP contribution in [0.1, 0.15) is 22.9 Å². The molecular formula is C21H28F3IN4OS. The van der Waals surface area contributed by atoms with Crippen molar-refractivity contribution in [1.82, 2.24) is 10.6 Å². The van der Waals surface area contributed by atoms with Gasteiger partial charge in [-0.1, -0.05) is 12.1 Å². The highest BCUT2D eigenvalue weighted by Crippen LogP contribution is 2.35. The molecule has 1 saturated heterocycles. The molecule has 10 heteroatoms. The number of aliphatic imine (C=N–C) groups is 1. The first-order chi connectivity index (χ1) is 14.5. The Morgan fingerprint density at radius 3 is 2.61 bits per heavy atom. The maximum Gasteiger partial charge on any atom is 0.416 e. The van der Waals surface area contributed by atoms with Gasteiger partial charge in [-0.3, -0.25) is 0 Å². The number of hydrogen-bond donors (Lipinski definition) is 2. The number of anilines is 1. The average molecular weight is 568 g/mol. The van der Waals surface area contributed by atoms with Crippen molar-refractivity contribution in [2.45, 2.75) is 26.1 Å². The van der Waals surface area contributed by atoms with E-state index < -0.39 is 11.7 Å². The molecule has 0 aliphatic carbocycles. The zero-order valence-corrected chi connectivity index (χ0v) is 20.5. The summed E-state index contributed by atoms with van der Waals surface area (Å²) in [7, 11) is 0. The molecule has 172 valence electrons. The second-order valence-corrected chi connectivity index (χ2v) is 7.92. The lowest BCUT2D eigenvalue weighted by Crippen LogP contribution is -2.38. The summed E-state index contributed by atoms with van der Waals surface area (Å²) in [5.74, 6) is 0.513. The molecule has 0 bridgehead atoms. The van der Waals surface area contributed by atoms with Gasteiger partial charge in [-0.2, -0.15) is 13.2 Å². The maximum absolute atomic E-state index is 13.7. The lowest BCUT2D eigenvalue weighted by molar-refractivity contribution is -0.138. The molecule has 2 N–H and O–H groups in total. The second kappa shape index (κ2) is 12.5. The summed E-state index contributed by atoms with van der Waals surface area (Å²) in [6.45, 7) is 5.40. The number of rotatable bonds is 7. The van der Waals surface area contributed by atoms with Crippen molar-refractivity contribution in [2.24, 2.45) is 4.99 Å². The highest BCUT2D eigenvalue weighted by Gasteiger charge is 2.34. The quantitative estimate of drug-likeness (QED) is 0.293. The van der Waals surface area contributed by atoms with Crippen molar-refractivity contribution in [3.05, 3.63) is 51.7 Å². The van der Waals surface area contributed by atoms with Gasteiger partial charge in [0.1, 0.15) is 0 Å². The normalized spacial score (nSPS) is 14.8. The number of guanidine groups is 1. The van der Waals surface area contributed by atoms with E-state index in [1.54, 1.807) is 17.4 Å². The zero-order valence-electron chi connectivity index (χ0n) is 17.4. The smallest absolute Gasteiger partial charge is 0.378 e. The van der Waals surface area contributed by atoms with Gasteiger partial charge < -0.3 is 20.3 Å². The molecule has 0 amide bonds. The molecule has 0 unspecified atom stereocenters. The molecule has 0 saturated carbocycles. The highest BCUT2D eigenvalue weighted by molar-refractivity contribution is 14.0. The second-order valence-electron chi connectivity index (χ2n) is 6.89. The Balaban J connectivity index is 0.00000341. The average Bonchev–Trinajstić information content (AvgIpc) is 3.25. The van der Waals surface area contributed by atoms with Crippen LogP contribution in [0.3, 0.4) is 0 Å². The van der Waals surface area contributed by atoms with Gasteiger partial charge in [0.05, 0.1) is 25.3 Å². The van der Waals surface area contributed by atoms with Crippen LogP contribution in [0.25, 0.3) is 0 Å². The third-order valence-electron chi connectivity index (χ3n) is 4.77. The minimum absolute atomic E-state index is 0. The first kappa shape index (κ1) is 25.7. The minimum atomic E-state index is -4.43. The molecule has 2 aromatic rings. The Labute approximate surface area is 202 Å². The molecule has 1 aliphatic rings. The predicted octanol–water partition coefficient (Wildman–Crippen LogP) is 4.52. The summed E-state index contributed by atoms with van der Waals surface area (Å²) in [6, 6.07) is 8.56. The van der Waals surface area contributed by atoms with Gasteiger partial charge in [-0.05, 0) is 42.5 Å². The first-order valence-corrected chi connectivity index (χ1v) is 10.9. The number of alkyl halides is 3. The Morgan fingerprint density at radius 1 is 1.19 bits per heavy atom. The molecule has 1 aromatic heterocycles. The van der Waals surface area contributed by atoms with Crippen molar-refractivity contribution in [3.8, 4) is 0 Å². The maximum atomic E-state index is 13.7. The Bertz CT molecular complexity index is 825. The van der Waals surface area contributed by atoms with E-state index in [1.807, 2.05) is 23.3 Å². The zero-order chi connectivity index (χ0) is 21.4. The minimum Gasteiger partial charge on any atom is -0.378 e. The molecule has 0 spiro atoms. The number of nitrogens with zero attached hydrogens (tertiary/aromatic N) is 2. The van der Waals surface area contributed by atoms with Crippen LogP contribution in [-0.2, 0) is 23.9 Å². The monoisotopic (exact) mass is 568 g/mol. The van der Waals surface area contributed by atoms with E-state index in [2.05, 4.69) is 21.7 Å². The Kier molecular flexibility index (Phi) is 10.4. The van der Waals surface area contributed by atoms with Crippen LogP contribution in [-0.4, -0.2) is 45.4 Å². The topological polar surface area (TPSA) is 48.9 Å². The number of hydrogen-bond acceptors (Lipinski definition) is 4. The molecule has 0 atom stereocenters. The van der Waals surface area contributed by atoms with Gasteiger partial charge in [0.2, 0.25) is 0 Å². The van der Waals surface area contributed by atoms with E-state index in [9.17, 15) is 13.2 Å². The SMILES string of the molecule is CCNC(=NCc1ccc(N2CCOCC2)cc1C(F)(F)F)NCCc1cccs1.I. The van der Waals surface area contributed by atoms with E-state index in [1.165, 1.54) is 17.0 Å². The largest absolute Gasteiger partial charge is 0.416 e. The van der Waals surface area contributed by atoms with Crippen molar-refractivity contribution < 1.29 is 17.9 Å². The van der Waals surface area contributed by atoms with E-state index in [0.29, 0.717) is 51.0 Å². The van der Waals surface area contributed by atoms with Crippen LogP contribution >= 0.6 is 35.3 Å². The van der Waals surface area contributed by atoms with E-state index in [0.717, 1.165) is 6.42 Å². The molecule has 5 nitrogen and oxygen atoms in total. The number of halogens is 4. The van der Waals surface area contributed by atoms with Gasteiger partial charge in [-0.15, -0.1) is 35.3 Å². The fourth-order valence-corrected chi connectivity index (χ4v) is 3.96. The fourth-order valence-electron chi connectivity index (χ4n) is 3.25. The van der Waals surface area contributed by atoms with Crippen LogP contribution in [0.4, 0.5) is 18.9 Å². The summed E-state index contributed by atoms with van der Waals surface area (Å²) < 4.78 is 46.4. The molecule has 31 heavy (non-hydrogen) atoms. The van der Waals surface area contributed by atoms with Gasteiger partial charge in [0.25, 0.3) is 0 Å². The van der Waals surface area contributed by atoms with Crippen molar-refractivity contribution in [1.29, 1.82) is 0 Å². The number of morpholine rings is 1. The van der Waals surface area contributed by atoms with E-state index >= 15 is 0 Å². The summed E-state index contributed by atoms with van der Waals surface area (Å²) in [5, 5.41) is 8.31.